The largest absolute Gasteiger partial charge is 0.359 e. The number of rotatable bonds is 4. The van der Waals surface area contributed by atoms with Crippen LogP contribution < -0.4 is 20.9 Å². The van der Waals surface area contributed by atoms with Gasteiger partial charge in [0.05, 0.1) is 17.8 Å². The van der Waals surface area contributed by atoms with Gasteiger partial charge in [-0.2, -0.15) is 0 Å². The van der Waals surface area contributed by atoms with Crippen molar-refractivity contribution in [1.82, 2.24) is 10.3 Å². The minimum Gasteiger partial charge on any atom is -0.359 e. The molecule has 0 radical (unpaired) electrons. The smallest absolute Gasteiger partial charge is 0.323 e. The van der Waals surface area contributed by atoms with Gasteiger partial charge in [-0.15, -0.1) is 0 Å². The molecule has 1 aromatic heterocycles. The fourth-order valence-corrected chi connectivity index (χ4v) is 3.11. The van der Waals surface area contributed by atoms with Gasteiger partial charge in [0.25, 0.3) is 0 Å². The molecule has 1 unspecified atom stereocenters. The molecule has 1 aliphatic rings. The molecule has 8 heteroatoms. The van der Waals surface area contributed by atoms with E-state index in [4.69, 9.17) is 0 Å². The summed E-state index contributed by atoms with van der Waals surface area (Å²) in [7, 11) is 1.65. The standard InChI is InChI=1S/C19H22FN5O2/c1-21-18(26)13-4-3-9-25(12-13)17-8-7-16(11-22-17)24-19(27)23-15-6-2-5-14(20)10-15/h2,5-8,10-11,13H,3-4,9,12H2,1H3,(H,21,26)(H2,23,24,27). The number of nitrogens with zero attached hydrogens (tertiary/aromatic N) is 2. The molecule has 27 heavy (non-hydrogen) atoms. The van der Waals surface area contributed by atoms with Gasteiger partial charge >= 0.3 is 6.03 Å². The Morgan fingerprint density at radius 3 is 2.70 bits per heavy atom. The number of halogens is 1. The lowest BCUT2D eigenvalue weighted by molar-refractivity contribution is -0.124. The van der Waals surface area contributed by atoms with Gasteiger partial charge in [-0.25, -0.2) is 14.2 Å². The molecular weight excluding hydrogens is 349 g/mol. The first-order valence-corrected chi connectivity index (χ1v) is 8.81. The predicted molar refractivity (Wildman–Crippen MR) is 102 cm³/mol. The molecular formula is C19H22FN5O2. The molecule has 2 aromatic rings. The van der Waals surface area contributed by atoms with Crippen molar-refractivity contribution < 1.29 is 14.0 Å². The highest BCUT2D eigenvalue weighted by Gasteiger charge is 2.25. The van der Waals surface area contributed by atoms with E-state index in [0.29, 0.717) is 17.9 Å². The van der Waals surface area contributed by atoms with Crippen LogP contribution in [0, 0.1) is 11.7 Å². The summed E-state index contributed by atoms with van der Waals surface area (Å²) in [5, 5.41) is 7.92. The number of hydrogen-bond acceptors (Lipinski definition) is 4. The number of urea groups is 1. The average Bonchev–Trinajstić information content (AvgIpc) is 2.68. The van der Waals surface area contributed by atoms with Crippen LogP contribution in [0.1, 0.15) is 12.8 Å². The predicted octanol–water partition coefficient (Wildman–Crippen LogP) is 2.83. The molecule has 0 aliphatic carbocycles. The molecule has 0 bridgehead atoms. The minimum absolute atomic E-state index is 0.0413. The highest BCUT2D eigenvalue weighted by molar-refractivity contribution is 5.99. The third kappa shape index (κ3) is 4.93. The Bertz CT molecular complexity index is 812. The van der Waals surface area contributed by atoms with Gasteiger partial charge in [-0.3, -0.25) is 4.79 Å². The maximum absolute atomic E-state index is 13.2. The molecule has 0 saturated carbocycles. The monoisotopic (exact) mass is 371 g/mol. The Morgan fingerprint density at radius 1 is 1.19 bits per heavy atom. The number of amides is 3. The number of hydrogen-bond donors (Lipinski definition) is 3. The second-order valence-corrected chi connectivity index (χ2v) is 6.39. The number of carbonyl (C=O) groups excluding carboxylic acids is 2. The molecule has 2 heterocycles. The van der Waals surface area contributed by atoms with Gasteiger partial charge in [-0.1, -0.05) is 6.07 Å². The van der Waals surface area contributed by atoms with Crippen LogP contribution >= 0.6 is 0 Å². The molecule has 142 valence electrons. The van der Waals surface area contributed by atoms with Crippen molar-refractivity contribution in [2.45, 2.75) is 12.8 Å². The van der Waals surface area contributed by atoms with E-state index in [9.17, 15) is 14.0 Å². The lowest BCUT2D eigenvalue weighted by Gasteiger charge is -2.32. The number of benzene rings is 1. The SMILES string of the molecule is CNC(=O)C1CCCN(c2ccc(NC(=O)Nc3cccc(F)c3)cn2)C1. The maximum Gasteiger partial charge on any atom is 0.323 e. The van der Waals surface area contributed by atoms with E-state index in [1.807, 2.05) is 6.07 Å². The number of aromatic nitrogens is 1. The molecule has 1 atom stereocenters. The maximum atomic E-state index is 13.2. The van der Waals surface area contributed by atoms with Gasteiger partial charge in [0.15, 0.2) is 0 Å². The zero-order valence-corrected chi connectivity index (χ0v) is 15.0. The van der Waals surface area contributed by atoms with E-state index in [1.165, 1.54) is 18.2 Å². The minimum atomic E-state index is -0.479. The second kappa shape index (κ2) is 8.48. The van der Waals surface area contributed by atoms with Gasteiger partial charge in [0, 0.05) is 25.8 Å². The number of pyridine rings is 1. The first-order chi connectivity index (χ1) is 13.0. The average molecular weight is 371 g/mol. The van der Waals surface area contributed by atoms with E-state index in [2.05, 4.69) is 25.8 Å². The lowest BCUT2D eigenvalue weighted by atomic mass is 9.97. The molecule has 3 amide bonds. The first kappa shape index (κ1) is 18.6. The summed E-state index contributed by atoms with van der Waals surface area (Å²) in [5.41, 5.74) is 0.887. The molecule has 7 nitrogen and oxygen atoms in total. The summed E-state index contributed by atoms with van der Waals surface area (Å²) in [6, 6.07) is 8.74. The summed E-state index contributed by atoms with van der Waals surface area (Å²) in [5.74, 6) is 0.350. The number of anilines is 3. The second-order valence-electron chi connectivity index (χ2n) is 6.39. The summed E-state index contributed by atoms with van der Waals surface area (Å²) >= 11 is 0. The van der Waals surface area contributed by atoms with Crippen LogP contribution in [0.5, 0.6) is 0 Å². The highest BCUT2D eigenvalue weighted by atomic mass is 19.1. The Morgan fingerprint density at radius 2 is 2.00 bits per heavy atom. The molecule has 1 aromatic carbocycles. The van der Waals surface area contributed by atoms with Crippen molar-refractivity contribution in [2.75, 3.05) is 35.7 Å². The molecule has 1 aliphatic heterocycles. The topological polar surface area (TPSA) is 86.4 Å². The Balaban J connectivity index is 1.58. The van der Waals surface area contributed by atoms with E-state index in [-0.39, 0.29) is 11.8 Å². The fourth-order valence-electron chi connectivity index (χ4n) is 3.11. The quantitative estimate of drug-likeness (QED) is 0.771. The van der Waals surface area contributed by atoms with Crippen LogP contribution in [0.2, 0.25) is 0 Å². The van der Waals surface area contributed by atoms with Crippen LogP contribution in [0.25, 0.3) is 0 Å². The van der Waals surface area contributed by atoms with Crippen LogP contribution in [-0.4, -0.2) is 37.1 Å². The summed E-state index contributed by atoms with van der Waals surface area (Å²) in [6.45, 7) is 1.47. The van der Waals surface area contributed by atoms with Gasteiger partial charge in [-0.05, 0) is 43.2 Å². The van der Waals surface area contributed by atoms with Crippen LogP contribution in [-0.2, 0) is 4.79 Å². The van der Waals surface area contributed by atoms with Crippen molar-refractivity contribution in [2.24, 2.45) is 5.92 Å². The zero-order valence-electron chi connectivity index (χ0n) is 15.0. The third-order valence-electron chi connectivity index (χ3n) is 4.45. The molecule has 3 rings (SSSR count). The van der Waals surface area contributed by atoms with Gasteiger partial charge in [0.2, 0.25) is 5.91 Å². The first-order valence-electron chi connectivity index (χ1n) is 8.81. The van der Waals surface area contributed by atoms with Crippen molar-refractivity contribution >= 4 is 29.1 Å². The Hall–Kier alpha value is -3.16. The van der Waals surface area contributed by atoms with Gasteiger partial charge in [0.1, 0.15) is 11.6 Å². The van der Waals surface area contributed by atoms with E-state index in [1.54, 1.807) is 25.4 Å². The van der Waals surface area contributed by atoms with Crippen molar-refractivity contribution in [3.05, 3.63) is 48.4 Å². The normalized spacial score (nSPS) is 16.5. The van der Waals surface area contributed by atoms with Gasteiger partial charge < -0.3 is 20.9 Å². The summed E-state index contributed by atoms with van der Waals surface area (Å²) in [6.07, 6.45) is 3.36. The van der Waals surface area contributed by atoms with E-state index >= 15 is 0 Å². The Labute approximate surface area is 157 Å². The number of carbonyl (C=O) groups is 2. The van der Waals surface area contributed by atoms with Crippen molar-refractivity contribution in [1.29, 1.82) is 0 Å². The molecule has 3 N–H and O–H groups in total. The number of piperidine rings is 1. The highest BCUT2D eigenvalue weighted by Crippen LogP contribution is 2.22. The van der Waals surface area contributed by atoms with E-state index in [0.717, 1.165) is 25.2 Å². The summed E-state index contributed by atoms with van der Waals surface area (Å²) < 4.78 is 13.2. The molecule has 0 spiro atoms. The lowest BCUT2D eigenvalue weighted by Crippen LogP contribution is -2.42. The van der Waals surface area contributed by atoms with Crippen molar-refractivity contribution in [3.63, 3.8) is 0 Å². The van der Waals surface area contributed by atoms with Crippen molar-refractivity contribution in [3.8, 4) is 0 Å². The molecule has 1 fully saturated rings. The Kier molecular flexibility index (Phi) is 5.85. The third-order valence-corrected chi connectivity index (χ3v) is 4.45. The fraction of sp³-hybridized carbons (Fsp3) is 0.316. The molecule has 1 saturated heterocycles. The zero-order chi connectivity index (χ0) is 19.2. The number of nitrogens with one attached hydrogen (secondary N) is 3. The van der Waals surface area contributed by atoms with Crippen LogP contribution in [0.4, 0.5) is 26.4 Å². The van der Waals surface area contributed by atoms with Crippen LogP contribution in [0.3, 0.4) is 0 Å². The summed E-state index contributed by atoms with van der Waals surface area (Å²) in [4.78, 5) is 30.3. The van der Waals surface area contributed by atoms with E-state index < -0.39 is 11.8 Å². The van der Waals surface area contributed by atoms with Crippen LogP contribution in [0.15, 0.2) is 42.6 Å².